The maximum absolute atomic E-state index is 4.48. The van der Waals surface area contributed by atoms with Crippen LogP contribution in [0.5, 0.6) is 0 Å². The number of piperazine rings is 1. The molecule has 0 aliphatic carbocycles. The number of nitrogens with one attached hydrogen (secondary N) is 1. The molecule has 5 nitrogen and oxygen atoms in total. The van der Waals surface area contributed by atoms with Crippen molar-refractivity contribution in [2.24, 2.45) is 0 Å². The fraction of sp³-hybridized carbons (Fsp3) is 0.733. The highest BCUT2D eigenvalue weighted by Crippen LogP contribution is 2.11. The Morgan fingerprint density at radius 3 is 2.45 bits per heavy atom. The van der Waals surface area contributed by atoms with Gasteiger partial charge in [-0.15, -0.1) is 0 Å². The van der Waals surface area contributed by atoms with Crippen molar-refractivity contribution in [1.29, 1.82) is 0 Å². The smallest absolute Gasteiger partial charge is 0.144 e. The lowest BCUT2D eigenvalue weighted by atomic mass is 10.2. The Bertz CT molecular complexity index is 384. The van der Waals surface area contributed by atoms with E-state index in [9.17, 15) is 0 Å². The molecule has 1 fully saturated rings. The maximum atomic E-state index is 4.48. The number of hydrogen-bond acceptors (Lipinski definition) is 5. The molecule has 1 saturated heterocycles. The van der Waals surface area contributed by atoms with Crippen LogP contribution >= 0.6 is 0 Å². The summed E-state index contributed by atoms with van der Waals surface area (Å²) in [4.78, 5) is 13.9. The van der Waals surface area contributed by atoms with E-state index >= 15 is 0 Å². The van der Waals surface area contributed by atoms with Crippen molar-refractivity contribution in [3.63, 3.8) is 0 Å². The molecule has 0 radical (unpaired) electrons. The van der Waals surface area contributed by atoms with Crippen molar-refractivity contribution < 1.29 is 0 Å². The van der Waals surface area contributed by atoms with E-state index in [1.807, 2.05) is 12.4 Å². The molecule has 0 saturated carbocycles. The minimum atomic E-state index is 0.705. The van der Waals surface area contributed by atoms with Crippen molar-refractivity contribution in [1.82, 2.24) is 19.8 Å². The molecule has 112 valence electrons. The van der Waals surface area contributed by atoms with Crippen molar-refractivity contribution >= 4 is 5.82 Å². The summed E-state index contributed by atoms with van der Waals surface area (Å²) in [7, 11) is 0. The van der Waals surface area contributed by atoms with Gasteiger partial charge in [-0.1, -0.05) is 6.92 Å². The SMILES string of the molecule is CCNc1cnc(CN2CCN(C(C)CC)CC2)cn1. The van der Waals surface area contributed by atoms with E-state index in [1.165, 1.54) is 6.42 Å². The highest BCUT2D eigenvalue weighted by atomic mass is 15.3. The summed E-state index contributed by atoms with van der Waals surface area (Å²) in [6.45, 7) is 13.0. The second-order valence-electron chi connectivity index (χ2n) is 5.49. The van der Waals surface area contributed by atoms with Crippen LogP contribution < -0.4 is 5.32 Å². The van der Waals surface area contributed by atoms with Gasteiger partial charge in [-0.2, -0.15) is 0 Å². The predicted molar refractivity (Wildman–Crippen MR) is 82.8 cm³/mol. The lowest BCUT2D eigenvalue weighted by Gasteiger charge is -2.37. The number of nitrogens with zero attached hydrogens (tertiary/aromatic N) is 4. The molecule has 1 aromatic rings. The summed E-state index contributed by atoms with van der Waals surface area (Å²) in [5, 5.41) is 3.17. The average Bonchev–Trinajstić information content (AvgIpc) is 2.49. The predicted octanol–water partition coefficient (Wildman–Crippen LogP) is 1.82. The van der Waals surface area contributed by atoms with Crippen LogP contribution in [0.4, 0.5) is 5.82 Å². The van der Waals surface area contributed by atoms with Gasteiger partial charge in [-0.3, -0.25) is 14.8 Å². The van der Waals surface area contributed by atoms with Gasteiger partial charge in [0.15, 0.2) is 0 Å². The Labute approximate surface area is 122 Å². The molecule has 0 bridgehead atoms. The zero-order valence-electron chi connectivity index (χ0n) is 13.0. The highest BCUT2D eigenvalue weighted by molar-refractivity contribution is 5.30. The van der Waals surface area contributed by atoms with Gasteiger partial charge >= 0.3 is 0 Å². The number of anilines is 1. The molecule has 1 N–H and O–H groups in total. The van der Waals surface area contributed by atoms with Crippen LogP contribution in [0.1, 0.15) is 32.9 Å². The minimum Gasteiger partial charge on any atom is -0.369 e. The molecule has 1 unspecified atom stereocenters. The van der Waals surface area contributed by atoms with Gasteiger partial charge in [-0.05, 0) is 20.3 Å². The third-order valence-corrected chi connectivity index (χ3v) is 4.07. The van der Waals surface area contributed by atoms with Crippen molar-refractivity contribution in [3.8, 4) is 0 Å². The van der Waals surface area contributed by atoms with Crippen LogP contribution in [0, 0.1) is 0 Å². The Balaban J connectivity index is 1.80. The van der Waals surface area contributed by atoms with Crippen molar-refractivity contribution in [2.75, 3.05) is 38.0 Å². The van der Waals surface area contributed by atoms with E-state index in [1.54, 1.807) is 0 Å². The Kier molecular flexibility index (Phi) is 5.73. The van der Waals surface area contributed by atoms with E-state index in [0.29, 0.717) is 6.04 Å². The average molecular weight is 277 g/mol. The van der Waals surface area contributed by atoms with Gasteiger partial charge in [0.1, 0.15) is 5.82 Å². The molecule has 0 amide bonds. The summed E-state index contributed by atoms with van der Waals surface area (Å²) in [5.41, 5.74) is 1.06. The fourth-order valence-corrected chi connectivity index (χ4v) is 2.56. The fourth-order valence-electron chi connectivity index (χ4n) is 2.56. The van der Waals surface area contributed by atoms with Gasteiger partial charge in [0, 0.05) is 45.3 Å². The van der Waals surface area contributed by atoms with Crippen LogP contribution in [-0.4, -0.2) is 58.5 Å². The van der Waals surface area contributed by atoms with Gasteiger partial charge in [0.05, 0.1) is 18.1 Å². The summed E-state index contributed by atoms with van der Waals surface area (Å²) < 4.78 is 0. The first-order chi connectivity index (χ1) is 9.72. The molecule has 5 heteroatoms. The van der Waals surface area contributed by atoms with Crippen LogP contribution in [0.3, 0.4) is 0 Å². The second kappa shape index (κ2) is 7.55. The molecule has 1 aliphatic rings. The lowest BCUT2D eigenvalue weighted by Crippen LogP contribution is -2.49. The number of aromatic nitrogens is 2. The Morgan fingerprint density at radius 1 is 1.15 bits per heavy atom. The largest absolute Gasteiger partial charge is 0.369 e. The van der Waals surface area contributed by atoms with E-state index in [0.717, 1.165) is 50.8 Å². The molecule has 1 aliphatic heterocycles. The van der Waals surface area contributed by atoms with Crippen LogP contribution in [0.2, 0.25) is 0 Å². The first-order valence-electron chi connectivity index (χ1n) is 7.74. The number of rotatable bonds is 6. The maximum Gasteiger partial charge on any atom is 0.144 e. The Morgan fingerprint density at radius 2 is 1.90 bits per heavy atom. The van der Waals surface area contributed by atoms with Crippen molar-refractivity contribution in [2.45, 2.75) is 39.8 Å². The highest BCUT2D eigenvalue weighted by Gasteiger charge is 2.20. The summed E-state index contributed by atoms with van der Waals surface area (Å²) in [5.74, 6) is 0.859. The third kappa shape index (κ3) is 4.15. The first kappa shape index (κ1) is 15.2. The Hall–Kier alpha value is -1.20. The molecule has 1 atom stereocenters. The first-order valence-corrected chi connectivity index (χ1v) is 7.74. The third-order valence-electron chi connectivity index (χ3n) is 4.07. The quantitative estimate of drug-likeness (QED) is 0.859. The van der Waals surface area contributed by atoms with E-state index in [4.69, 9.17) is 0 Å². The van der Waals surface area contributed by atoms with Gasteiger partial charge in [-0.25, -0.2) is 4.98 Å². The molecule has 2 rings (SSSR count). The molecule has 0 aromatic carbocycles. The van der Waals surface area contributed by atoms with E-state index in [-0.39, 0.29) is 0 Å². The van der Waals surface area contributed by atoms with Crippen molar-refractivity contribution in [3.05, 3.63) is 18.1 Å². The zero-order chi connectivity index (χ0) is 14.4. The molecule has 20 heavy (non-hydrogen) atoms. The normalized spacial score (nSPS) is 18.9. The van der Waals surface area contributed by atoms with Gasteiger partial charge in [0.25, 0.3) is 0 Å². The van der Waals surface area contributed by atoms with Gasteiger partial charge in [0.2, 0.25) is 0 Å². The molecule has 2 heterocycles. The molecule has 1 aromatic heterocycles. The standard InChI is InChI=1S/C15H27N5/c1-4-13(3)20-8-6-19(7-9-20)12-14-10-18-15(11-17-14)16-5-2/h10-11,13H,4-9,12H2,1-3H3,(H,16,18). The molecular formula is C15H27N5. The molecular weight excluding hydrogens is 250 g/mol. The molecule has 0 spiro atoms. The number of hydrogen-bond donors (Lipinski definition) is 1. The monoisotopic (exact) mass is 277 g/mol. The van der Waals surface area contributed by atoms with Crippen LogP contribution in [-0.2, 0) is 6.54 Å². The van der Waals surface area contributed by atoms with Gasteiger partial charge < -0.3 is 5.32 Å². The van der Waals surface area contributed by atoms with E-state index < -0.39 is 0 Å². The summed E-state index contributed by atoms with van der Waals surface area (Å²) in [6, 6.07) is 0.705. The van der Waals surface area contributed by atoms with E-state index in [2.05, 4.69) is 45.9 Å². The summed E-state index contributed by atoms with van der Waals surface area (Å²) in [6.07, 6.45) is 4.95. The second-order valence-corrected chi connectivity index (χ2v) is 5.49. The lowest BCUT2D eigenvalue weighted by molar-refractivity contribution is 0.0955. The zero-order valence-corrected chi connectivity index (χ0v) is 13.0. The van der Waals surface area contributed by atoms with Crippen LogP contribution in [0.15, 0.2) is 12.4 Å². The minimum absolute atomic E-state index is 0.705. The van der Waals surface area contributed by atoms with Crippen LogP contribution in [0.25, 0.3) is 0 Å². The topological polar surface area (TPSA) is 44.3 Å². The summed E-state index contributed by atoms with van der Waals surface area (Å²) >= 11 is 0.